The van der Waals surface area contributed by atoms with Gasteiger partial charge >= 0.3 is 0 Å². The number of carbonyl (C=O) groups is 2. The Morgan fingerprint density at radius 3 is 2.30 bits per heavy atom. The van der Waals surface area contributed by atoms with Gasteiger partial charge in [-0.15, -0.1) is 0 Å². The van der Waals surface area contributed by atoms with E-state index in [1.807, 2.05) is 20.8 Å². The summed E-state index contributed by atoms with van der Waals surface area (Å²) in [5.74, 6) is 0.264. The second kappa shape index (κ2) is 10.8. The summed E-state index contributed by atoms with van der Waals surface area (Å²) in [5, 5.41) is 7.48. The average Bonchev–Trinajstić information content (AvgIpc) is 2.65. The minimum Gasteiger partial charge on any atom is -0.484 e. The largest absolute Gasteiger partial charge is 0.484 e. The van der Waals surface area contributed by atoms with Crippen LogP contribution in [0.5, 0.6) is 11.5 Å². The molecule has 160 valence electrons. The fraction of sp³-hybridized carbons (Fsp3) is 0.286. The fourth-order valence-corrected chi connectivity index (χ4v) is 2.66. The number of amides is 2. The quantitative estimate of drug-likeness (QED) is 0.471. The van der Waals surface area contributed by atoms with E-state index in [9.17, 15) is 9.59 Å². The van der Waals surface area contributed by atoms with Gasteiger partial charge in [0, 0.05) is 10.6 Å². The van der Waals surface area contributed by atoms with E-state index in [0.29, 0.717) is 21.5 Å². The van der Waals surface area contributed by atoms with Crippen LogP contribution in [0.15, 0.2) is 47.6 Å². The summed E-state index contributed by atoms with van der Waals surface area (Å²) in [7, 11) is 0. The van der Waals surface area contributed by atoms with E-state index in [1.165, 1.54) is 12.3 Å². The van der Waals surface area contributed by atoms with Gasteiger partial charge in [-0.3, -0.25) is 9.59 Å². The molecule has 0 heterocycles. The Balaban J connectivity index is 1.75. The molecule has 0 saturated heterocycles. The van der Waals surface area contributed by atoms with Crippen molar-refractivity contribution < 1.29 is 19.1 Å². The number of rotatable bonds is 8. The Morgan fingerprint density at radius 2 is 1.67 bits per heavy atom. The maximum atomic E-state index is 11.8. The van der Waals surface area contributed by atoms with Crippen LogP contribution in [0.4, 0.5) is 0 Å². The minimum absolute atomic E-state index is 0.0710. The standard InChI is InChI=1S/C21H23Cl2N3O4/c1-21(2,3)25-19(27)12-29-16-7-4-14(5-8-16)11-24-26-20(28)13-30-18-9-6-15(22)10-17(18)23/h4-11H,12-13H2,1-3H3,(H,25,27)(H,26,28)/b24-11-. The normalized spacial score (nSPS) is 11.2. The highest BCUT2D eigenvalue weighted by Crippen LogP contribution is 2.27. The van der Waals surface area contributed by atoms with E-state index in [0.717, 1.165) is 5.56 Å². The number of nitrogens with one attached hydrogen (secondary N) is 2. The van der Waals surface area contributed by atoms with Crippen LogP contribution < -0.4 is 20.2 Å². The molecule has 2 rings (SSSR count). The number of hydrazone groups is 1. The first-order valence-corrected chi connectivity index (χ1v) is 9.81. The van der Waals surface area contributed by atoms with E-state index >= 15 is 0 Å². The van der Waals surface area contributed by atoms with Crippen LogP contribution >= 0.6 is 23.2 Å². The maximum Gasteiger partial charge on any atom is 0.277 e. The van der Waals surface area contributed by atoms with E-state index in [4.69, 9.17) is 32.7 Å². The van der Waals surface area contributed by atoms with Crippen LogP contribution in [0.25, 0.3) is 0 Å². The van der Waals surface area contributed by atoms with E-state index in [1.54, 1.807) is 36.4 Å². The van der Waals surface area contributed by atoms with Gasteiger partial charge in [-0.1, -0.05) is 23.2 Å². The zero-order valence-electron chi connectivity index (χ0n) is 16.9. The molecule has 0 radical (unpaired) electrons. The lowest BCUT2D eigenvalue weighted by Gasteiger charge is -2.20. The van der Waals surface area contributed by atoms with Crippen LogP contribution in [-0.2, 0) is 9.59 Å². The van der Waals surface area contributed by atoms with Crippen molar-refractivity contribution in [2.24, 2.45) is 5.10 Å². The third-order valence-electron chi connectivity index (χ3n) is 3.42. The van der Waals surface area contributed by atoms with Gasteiger partial charge in [-0.2, -0.15) is 5.10 Å². The van der Waals surface area contributed by atoms with Crippen LogP contribution in [0.1, 0.15) is 26.3 Å². The smallest absolute Gasteiger partial charge is 0.277 e. The molecule has 0 aliphatic rings. The molecule has 0 bridgehead atoms. The molecule has 0 unspecified atom stereocenters. The number of nitrogens with zero attached hydrogens (tertiary/aromatic N) is 1. The van der Waals surface area contributed by atoms with Crippen molar-refractivity contribution in [3.8, 4) is 11.5 Å². The lowest BCUT2D eigenvalue weighted by Crippen LogP contribution is -2.43. The molecule has 2 amide bonds. The summed E-state index contributed by atoms with van der Waals surface area (Å²) in [4.78, 5) is 23.6. The van der Waals surface area contributed by atoms with Gasteiger partial charge in [-0.25, -0.2) is 5.43 Å². The van der Waals surface area contributed by atoms with Crippen molar-refractivity contribution >= 4 is 41.2 Å². The predicted molar refractivity (Wildman–Crippen MR) is 118 cm³/mol. The average molecular weight is 452 g/mol. The summed E-state index contributed by atoms with van der Waals surface area (Å²) in [5.41, 5.74) is 2.79. The highest BCUT2D eigenvalue weighted by atomic mass is 35.5. The third kappa shape index (κ3) is 8.71. The van der Waals surface area contributed by atoms with E-state index in [-0.39, 0.29) is 24.7 Å². The summed E-state index contributed by atoms with van der Waals surface area (Å²) in [6.45, 7) is 5.38. The van der Waals surface area contributed by atoms with E-state index < -0.39 is 5.91 Å². The van der Waals surface area contributed by atoms with Crippen LogP contribution in [-0.4, -0.2) is 36.8 Å². The molecule has 0 saturated carbocycles. The molecule has 0 fully saturated rings. The van der Waals surface area contributed by atoms with Gasteiger partial charge in [0.25, 0.3) is 11.8 Å². The number of ether oxygens (including phenoxy) is 2. The second-order valence-electron chi connectivity index (χ2n) is 7.31. The molecular formula is C21H23Cl2N3O4. The Kier molecular flexibility index (Phi) is 8.50. The molecule has 2 N–H and O–H groups in total. The molecule has 0 aliphatic carbocycles. The molecule has 9 heteroatoms. The van der Waals surface area contributed by atoms with Crippen LogP contribution in [0.3, 0.4) is 0 Å². The van der Waals surface area contributed by atoms with Crippen molar-refractivity contribution in [1.29, 1.82) is 0 Å². The predicted octanol–water partition coefficient (Wildman–Crippen LogP) is 3.82. The topological polar surface area (TPSA) is 89.0 Å². The Labute approximate surface area is 185 Å². The number of hydrogen-bond acceptors (Lipinski definition) is 5. The Bertz CT molecular complexity index is 909. The third-order valence-corrected chi connectivity index (χ3v) is 3.95. The highest BCUT2D eigenvalue weighted by Gasteiger charge is 2.13. The van der Waals surface area contributed by atoms with Gasteiger partial charge in [0.15, 0.2) is 13.2 Å². The van der Waals surface area contributed by atoms with Crippen molar-refractivity contribution in [2.45, 2.75) is 26.3 Å². The molecule has 0 spiro atoms. The molecule has 2 aromatic rings. The number of halogens is 2. The fourth-order valence-electron chi connectivity index (χ4n) is 2.20. The number of benzene rings is 2. The number of carbonyl (C=O) groups excluding carboxylic acids is 2. The number of hydrogen-bond donors (Lipinski definition) is 2. The first-order chi connectivity index (χ1) is 14.1. The Hall–Kier alpha value is -2.77. The summed E-state index contributed by atoms with van der Waals surface area (Å²) >= 11 is 11.8. The minimum atomic E-state index is -0.443. The van der Waals surface area contributed by atoms with E-state index in [2.05, 4.69) is 15.8 Å². The molecule has 0 atom stereocenters. The van der Waals surface area contributed by atoms with Crippen molar-refractivity contribution in [3.63, 3.8) is 0 Å². The van der Waals surface area contributed by atoms with Gasteiger partial charge in [0.05, 0.1) is 11.2 Å². The molecule has 2 aromatic carbocycles. The lowest BCUT2D eigenvalue weighted by atomic mass is 10.1. The van der Waals surface area contributed by atoms with Crippen LogP contribution in [0.2, 0.25) is 10.0 Å². The molecule has 0 aromatic heterocycles. The van der Waals surface area contributed by atoms with Gasteiger partial charge in [0.2, 0.25) is 0 Å². The molecular weight excluding hydrogens is 429 g/mol. The lowest BCUT2D eigenvalue weighted by molar-refractivity contribution is -0.124. The SMILES string of the molecule is CC(C)(C)NC(=O)COc1ccc(/C=N\NC(=O)COc2ccc(Cl)cc2Cl)cc1. The summed E-state index contributed by atoms with van der Waals surface area (Å²) in [6, 6.07) is 11.6. The van der Waals surface area contributed by atoms with Crippen molar-refractivity contribution in [1.82, 2.24) is 10.7 Å². The molecule has 7 nitrogen and oxygen atoms in total. The van der Waals surface area contributed by atoms with Crippen LogP contribution in [0, 0.1) is 0 Å². The summed E-state index contributed by atoms with van der Waals surface area (Å²) < 4.78 is 10.8. The molecule has 0 aliphatic heterocycles. The van der Waals surface area contributed by atoms with Crippen molar-refractivity contribution in [2.75, 3.05) is 13.2 Å². The monoisotopic (exact) mass is 451 g/mol. The maximum absolute atomic E-state index is 11.8. The zero-order valence-corrected chi connectivity index (χ0v) is 18.4. The van der Waals surface area contributed by atoms with Gasteiger partial charge in [-0.05, 0) is 68.8 Å². The first-order valence-electron chi connectivity index (χ1n) is 9.06. The second-order valence-corrected chi connectivity index (χ2v) is 8.16. The van der Waals surface area contributed by atoms with Crippen molar-refractivity contribution in [3.05, 3.63) is 58.1 Å². The molecule has 30 heavy (non-hydrogen) atoms. The summed E-state index contributed by atoms with van der Waals surface area (Å²) in [6.07, 6.45) is 1.48. The van der Waals surface area contributed by atoms with Gasteiger partial charge in [0.1, 0.15) is 11.5 Å². The highest BCUT2D eigenvalue weighted by molar-refractivity contribution is 6.35. The first kappa shape index (κ1) is 23.5. The zero-order chi connectivity index (χ0) is 22.1. The Morgan fingerprint density at radius 1 is 1.00 bits per heavy atom. The van der Waals surface area contributed by atoms with Gasteiger partial charge < -0.3 is 14.8 Å².